The fourth-order valence-electron chi connectivity index (χ4n) is 1.24. The zero-order chi connectivity index (χ0) is 12.7. The van der Waals surface area contributed by atoms with Crippen LogP contribution in [-0.4, -0.2) is 17.4 Å². The molecule has 0 unspecified atom stereocenters. The SMILES string of the molecule is N#CCCCCNc1ncc(C(N)=O)cc1Cl. The summed E-state index contributed by atoms with van der Waals surface area (Å²) in [6.45, 7) is 0.685. The standard InChI is InChI=1S/C11H13ClN4O/c12-9-6-8(10(14)17)7-16-11(9)15-5-3-1-2-4-13/h6-7H,1-3,5H2,(H2,14,17)(H,15,16). The van der Waals surface area contributed by atoms with E-state index in [9.17, 15) is 4.79 Å². The monoisotopic (exact) mass is 252 g/mol. The van der Waals surface area contributed by atoms with Crippen molar-refractivity contribution in [1.29, 1.82) is 5.26 Å². The highest BCUT2D eigenvalue weighted by Crippen LogP contribution is 2.19. The minimum absolute atomic E-state index is 0.282. The Labute approximate surface area is 105 Å². The maximum absolute atomic E-state index is 10.9. The molecule has 5 nitrogen and oxygen atoms in total. The van der Waals surface area contributed by atoms with Gasteiger partial charge in [0.1, 0.15) is 5.82 Å². The molecule has 0 radical (unpaired) electrons. The first-order valence-corrected chi connectivity index (χ1v) is 5.59. The van der Waals surface area contributed by atoms with Crippen molar-refractivity contribution in [3.8, 4) is 6.07 Å². The van der Waals surface area contributed by atoms with Crippen molar-refractivity contribution in [2.24, 2.45) is 5.73 Å². The van der Waals surface area contributed by atoms with E-state index in [4.69, 9.17) is 22.6 Å². The predicted molar refractivity (Wildman–Crippen MR) is 65.7 cm³/mol. The number of aromatic nitrogens is 1. The number of amides is 1. The molecule has 0 aliphatic heterocycles. The lowest BCUT2D eigenvalue weighted by Crippen LogP contribution is -2.12. The van der Waals surface area contributed by atoms with Crippen LogP contribution in [-0.2, 0) is 0 Å². The molecule has 6 heteroatoms. The number of rotatable bonds is 6. The van der Waals surface area contributed by atoms with E-state index in [2.05, 4.69) is 16.4 Å². The summed E-state index contributed by atoms with van der Waals surface area (Å²) in [5.41, 5.74) is 5.38. The molecule has 0 aliphatic carbocycles. The molecule has 1 amide bonds. The molecule has 17 heavy (non-hydrogen) atoms. The molecule has 0 atom stereocenters. The van der Waals surface area contributed by atoms with Crippen molar-refractivity contribution in [1.82, 2.24) is 4.98 Å². The number of carbonyl (C=O) groups is 1. The van der Waals surface area contributed by atoms with Crippen LogP contribution in [0.15, 0.2) is 12.3 Å². The summed E-state index contributed by atoms with van der Waals surface area (Å²) in [6, 6.07) is 3.56. The van der Waals surface area contributed by atoms with Gasteiger partial charge < -0.3 is 11.1 Å². The van der Waals surface area contributed by atoms with Gasteiger partial charge in [0.05, 0.1) is 16.7 Å². The lowest BCUT2D eigenvalue weighted by Gasteiger charge is -2.07. The van der Waals surface area contributed by atoms with E-state index in [0.717, 1.165) is 12.8 Å². The molecule has 1 aromatic heterocycles. The molecule has 1 aromatic rings. The molecule has 0 aromatic carbocycles. The van der Waals surface area contributed by atoms with E-state index < -0.39 is 5.91 Å². The number of anilines is 1. The van der Waals surface area contributed by atoms with Crippen LogP contribution in [0.5, 0.6) is 0 Å². The molecule has 0 bridgehead atoms. The summed E-state index contributed by atoms with van der Waals surface area (Å²) in [4.78, 5) is 14.9. The fraction of sp³-hybridized carbons (Fsp3) is 0.364. The van der Waals surface area contributed by atoms with Gasteiger partial charge in [0.15, 0.2) is 0 Å². The smallest absolute Gasteiger partial charge is 0.250 e. The van der Waals surface area contributed by atoms with Gasteiger partial charge in [-0.25, -0.2) is 4.98 Å². The highest BCUT2D eigenvalue weighted by atomic mass is 35.5. The summed E-state index contributed by atoms with van der Waals surface area (Å²) in [7, 11) is 0. The predicted octanol–water partition coefficient (Wildman–Crippen LogP) is 1.94. The van der Waals surface area contributed by atoms with E-state index in [1.54, 1.807) is 0 Å². The number of hydrogen-bond acceptors (Lipinski definition) is 4. The fourth-order valence-corrected chi connectivity index (χ4v) is 1.47. The van der Waals surface area contributed by atoms with Crippen LogP contribution in [0, 0.1) is 11.3 Å². The normalized spacial score (nSPS) is 9.65. The molecule has 0 aliphatic rings. The van der Waals surface area contributed by atoms with E-state index >= 15 is 0 Å². The molecule has 0 fully saturated rings. The number of nitriles is 1. The number of nitrogens with zero attached hydrogens (tertiary/aromatic N) is 2. The van der Waals surface area contributed by atoms with Gasteiger partial charge in [0.25, 0.3) is 0 Å². The van der Waals surface area contributed by atoms with Gasteiger partial charge in [-0.1, -0.05) is 11.6 Å². The lowest BCUT2D eigenvalue weighted by atomic mass is 10.2. The number of pyridine rings is 1. The third kappa shape index (κ3) is 4.29. The number of nitrogens with two attached hydrogens (primary N) is 1. The van der Waals surface area contributed by atoms with Gasteiger partial charge in [0, 0.05) is 19.2 Å². The molecule has 0 saturated carbocycles. The van der Waals surface area contributed by atoms with Crippen LogP contribution in [0.2, 0.25) is 5.02 Å². The van der Waals surface area contributed by atoms with E-state index in [1.807, 2.05) is 0 Å². The van der Waals surface area contributed by atoms with Crippen molar-refractivity contribution in [2.45, 2.75) is 19.3 Å². The summed E-state index contributed by atoms with van der Waals surface area (Å²) in [5.74, 6) is -0.0337. The zero-order valence-corrected chi connectivity index (χ0v) is 10.00. The van der Waals surface area contributed by atoms with Crippen LogP contribution in [0.3, 0.4) is 0 Å². The Morgan fingerprint density at radius 2 is 2.35 bits per heavy atom. The first-order chi connectivity index (χ1) is 8.15. The number of nitrogens with one attached hydrogen (secondary N) is 1. The number of primary amides is 1. The van der Waals surface area contributed by atoms with Crippen molar-refractivity contribution >= 4 is 23.3 Å². The second-order valence-corrected chi connectivity index (χ2v) is 3.87. The third-order valence-corrected chi connectivity index (χ3v) is 2.42. The van der Waals surface area contributed by atoms with Crippen LogP contribution in [0.1, 0.15) is 29.6 Å². The number of halogens is 1. The molecule has 0 saturated heterocycles. The summed E-state index contributed by atoms with van der Waals surface area (Å²) < 4.78 is 0. The van der Waals surface area contributed by atoms with Gasteiger partial charge >= 0.3 is 0 Å². The maximum atomic E-state index is 10.9. The molecular weight excluding hydrogens is 240 g/mol. The third-order valence-electron chi connectivity index (χ3n) is 2.13. The number of carbonyl (C=O) groups excluding carboxylic acids is 1. The Hall–Kier alpha value is -1.80. The minimum atomic E-state index is -0.556. The van der Waals surface area contributed by atoms with Crippen molar-refractivity contribution in [2.75, 3.05) is 11.9 Å². The van der Waals surface area contributed by atoms with E-state index in [-0.39, 0.29) is 5.56 Å². The topological polar surface area (TPSA) is 91.8 Å². The van der Waals surface area contributed by atoms with E-state index in [1.165, 1.54) is 12.3 Å². The van der Waals surface area contributed by atoms with Crippen molar-refractivity contribution in [3.63, 3.8) is 0 Å². The van der Waals surface area contributed by atoms with Gasteiger partial charge in [-0.15, -0.1) is 0 Å². The highest BCUT2D eigenvalue weighted by Gasteiger charge is 2.06. The Kier molecular flexibility index (Phi) is 5.24. The lowest BCUT2D eigenvalue weighted by molar-refractivity contribution is 0.1000. The zero-order valence-electron chi connectivity index (χ0n) is 9.24. The van der Waals surface area contributed by atoms with Crippen molar-refractivity contribution in [3.05, 3.63) is 22.8 Å². The number of hydrogen-bond donors (Lipinski definition) is 2. The van der Waals surface area contributed by atoms with Gasteiger partial charge in [-0.05, 0) is 18.9 Å². The van der Waals surface area contributed by atoms with Crippen molar-refractivity contribution < 1.29 is 4.79 Å². The Balaban J connectivity index is 2.50. The average molecular weight is 253 g/mol. The van der Waals surface area contributed by atoms with Crippen LogP contribution in [0.4, 0.5) is 5.82 Å². The van der Waals surface area contributed by atoms with Crippen LogP contribution >= 0.6 is 11.6 Å². The van der Waals surface area contributed by atoms with Gasteiger partial charge in [0.2, 0.25) is 5.91 Å². The van der Waals surface area contributed by atoms with E-state index in [0.29, 0.717) is 23.8 Å². The second kappa shape index (κ2) is 6.71. The minimum Gasteiger partial charge on any atom is -0.369 e. The largest absolute Gasteiger partial charge is 0.369 e. The average Bonchev–Trinajstić information content (AvgIpc) is 2.30. The first-order valence-electron chi connectivity index (χ1n) is 5.21. The Morgan fingerprint density at radius 3 is 2.94 bits per heavy atom. The first kappa shape index (κ1) is 13.3. The Bertz CT molecular complexity index is 442. The molecular formula is C11H13ClN4O. The molecule has 1 heterocycles. The van der Waals surface area contributed by atoms with Gasteiger partial charge in [-0.3, -0.25) is 4.79 Å². The second-order valence-electron chi connectivity index (χ2n) is 3.46. The van der Waals surface area contributed by atoms with Gasteiger partial charge in [-0.2, -0.15) is 5.26 Å². The van der Waals surface area contributed by atoms with Crippen LogP contribution < -0.4 is 11.1 Å². The quantitative estimate of drug-likeness (QED) is 0.757. The summed E-state index contributed by atoms with van der Waals surface area (Å²) >= 11 is 5.93. The molecule has 90 valence electrons. The Morgan fingerprint density at radius 1 is 1.59 bits per heavy atom. The summed E-state index contributed by atoms with van der Waals surface area (Å²) in [5, 5.41) is 11.8. The maximum Gasteiger partial charge on any atom is 0.250 e. The summed E-state index contributed by atoms with van der Waals surface area (Å²) in [6.07, 6.45) is 3.62. The molecule has 0 spiro atoms. The number of unbranched alkanes of at least 4 members (excludes halogenated alkanes) is 2. The highest BCUT2D eigenvalue weighted by molar-refractivity contribution is 6.33. The molecule has 3 N–H and O–H groups in total. The van der Waals surface area contributed by atoms with Crippen LogP contribution in [0.25, 0.3) is 0 Å². The molecule has 1 rings (SSSR count).